The zero-order valence-electron chi connectivity index (χ0n) is 25.2. The highest BCUT2D eigenvalue weighted by molar-refractivity contribution is 5.94. The highest BCUT2D eigenvalue weighted by atomic mass is 16.4. The van der Waals surface area contributed by atoms with E-state index in [0.717, 1.165) is 12.8 Å². The molecule has 1 aliphatic heterocycles. The van der Waals surface area contributed by atoms with Gasteiger partial charge in [-0.25, -0.2) is 0 Å². The number of rotatable bonds is 22. The lowest BCUT2D eigenvalue weighted by molar-refractivity contribution is -0.142. The molecule has 1 aliphatic rings. The van der Waals surface area contributed by atoms with E-state index >= 15 is 0 Å². The van der Waals surface area contributed by atoms with Gasteiger partial charge in [0.2, 0.25) is 29.5 Å². The van der Waals surface area contributed by atoms with Crippen molar-refractivity contribution in [1.82, 2.24) is 31.5 Å². The second-order valence-corrected chi connectivity index (χ2v) is 10.5. The first-order chi connectivity index (χ1) is 20.5. The maximum absolute atomic E-state index is 13.2. The van der Waals surface area contributed by atoms with Crippen LogP contribution in [0.5, 0.6) is 0 Å². The molecule has 3 atom stereocenters. The monoisotopic (exact) mass is 612 g/mol. The van der Waals surface area contributed by atoms with Gasteiger partial charge in [-0.1, -0.05) is 13.3 Å². The third kappa shape index (κ3) is 15.3. The van der Waals surface area contributed by atoms with Crippen LogP contribution in [0.4, 0.5) is 0 Å². The van der Waals surface area contributed by atoms with Crippen molar-refractivity contribution < 1.29 is 43.8 Å². The van der Waals surface area contributed by atoms with E-state index < -0.39 is 54.3 Å². The highest BCUT2D eigenvalue weighted by Crippen LogP contribution is 2.19. The summed E-state index contributed by atoms with van der Waals surface area (Å²) in [5.41, 5.74) is 0. The van der Waals surface area contributed by atoms with Crippen molar-refractivity contribution in [2.75, 3.05) is 33.2 Å². The maximum atomic E-state index is 13.2. The SMILES string of the molecule is CCCCNC(CCCCNC(=O)CCCC(=O)O)C(=O)NCC(=O)N[C@@H](CCC(=O)O)C(=O)N1CCC[C@H]1C(=O)NC. The van der Waals surface area contributed by atoms with E-state index in [-0.39, 0.29) is 43.9 Å². The van der Waals surface area contributed by atoms with E-state index in [2.05, 4.69) is 26.6 Å². The molecule has 5 amide bonds. The molecular formula is C28H48N6O9. The lowest BCUT2D eigenvalue weighted by Crippen LogP contribution is -2.55. The lowest BCUT2D eigenvalue weighted by Gasteiger charge is -2.28. The summed E-state index contributed by atoms with van der Waals surface area (Å²) in [6.07, 6.45) is 4.28. The minimum atomic E-state index is -1.16. The minimum Gasteiger partial charge on any atom is -0.481 e. The van der Waals surface area contributed by atoms with Crippen LogP contribution < -0.4 is 26.6 Å². The summed E-state index contributed by atoms with van der Waals surface area (Å²) in [6, 6.07) is -2.45. The van der Waals surface area contributed by atoms with Crippen LogP contribution in [0.3, 0.4) is 0 Å². The molecule has 0 radical (unpaired) electrons. The smallest absolute Gasteiger partial charge is 0.303 e. The van der Waals surface area contributed by atoms with Crippen LogP contribution in [-0.2, 0) is 33.6 Å². The Hall–Kier alpha value is -3.75. The number of aliphatic carboxylic acids is 2. The molecular weight excluding hydrogens is 564 g/mol. The highest BCUT2D eigenvalue weighted by Gasteiger charge is 2.37. The molecule has 1 fully saturated rings. The quantitative estimate of drug-likeness (QED) is 0.0775. The van der Waals surface area contributed by atoms with Crippen LogP contribution in [0.2, 0.25) is 0 Å². The van der Waals surface area contributed by atoms with Crippen molar-refractivity contribution in [3.63, 3.8) is 0 Å². The lowest BCUT2D eigenvalue weighted by atomic mass is 10.1. The number of nitrogens with zero attached hydrogens (tertiary/aromatic N) is 1. The molecule has 1 unspecified atom stereocenters. The molecule has 1 heterocycles. The van der Waals surface area contributed by atoms with Gasteiger partial charge in [0.25, 0.3) is 0 Å². The molecule has 15 heteroatoms. The molecule has 0 saturated carbocycles. The van der Waals surface area contributed by atoms with Gasteiger partial charge in [-0.15, -0.1) is 0 Å². The van der Waals surface area contributed by atoms with E-state index in [0.29, 0.717) is 51.7 Å². The van der Waals surface area contributed by atoms with Gasteiger partial charge in [0, 0.05) is 39.4 Å². The van der Waals surface area contributed by atoms with Gasteiger partial charge < -0.3 is 41.7 Å². The third-order valence-electron chi connectivity index (χ3n) is 7.06. The van der Waals surface area contributed by atoms with Crippen LogP contribution in [0.15, 0.2) is 0 Å². The topological polar surface area (TPSA) is 223 Å². The van der Waals surface area contributed by atoms with Gasteiger partial charge in [0.1, 0.15) is 12.1 Å². The molecule has 0 aromatic carbocycles. The Morgan fingerprint density at radius 1 is 0.814 bits per heavy atom. The molecule has 0 aromatic heterocycles. The number of carboxylic acid groups (broad SMARTS) is 2. The summed E-state index contributed by atoms with van der Waals surface area (Å²) in [5.74, 6) is -4.25. The van der Waals surface area contributed by atoms with Crippen LogP contribution >= 0.6 is 0 Å². The number of amides is 5. The van der Waals surface area contributed by atoms with E-state index in [1.54, 1.807) is 0 Å². The second kappa shape index (κ2) is 21.0. The Morgan fingerprint density at radius 2 is 1.53 bits per heavy atom. The Bertz CT molecular complexity index is 961. The van der Waals surface area contributed by atoms with E-state index in [4.69, 9.17) is 10.2 Å². The predicted molar refractivity (Wildman–Crippen MR) is 156 cm³/mol. The normalized spacial score (nSPS) is 15.7. The molecule has 1 rings (SSSR count). The van der Waals surface area contributed by atoms with E-state index in [9.17, 15) is 33.6 Å². The molecule has 15 nitrogen and oxygen atoms in total. The summed E-state index contributed by atoms with van der Waals surface area (Å²) >= 11 is 0. The molecule has 0 spiro atoms. The van der Waals surface area contributed by atoms with Crippen LogP contribution in [0.25, 0.3) is 0 Å². The summed E-state index contributed by atoms with van der Waals surface area (Å²) < 4.78 is 0. The summed E-state index contributed by atoms with van der Waals surface area (Å²) in [6.45, 7) is 2.89. The van der Waals surface area contributed by atoms with Crippen LogP contribution in [0, 0.1) is 0 Å². The minimum absolute atomic E-state index is 0.0679. The first kappa shape index (κ1) is 37.3. The molecule has 43 heavy (non-hydrogen) atoms. The largest absolute Gasteiger partial charge is 0.481 e. The number of nitrogens with one attached hydrogen (secondary N) is 5. The summed E-state index contributed by atoms with van der Waals surface area (Å²) in [7, 11) is 1.46. The Morgan fingerprint density at radius 3 is 2.19 bits per heavy atom. The van der Waals surface area contributed by atoms with Gasteiger partial charge in [0.05, 0.1) is 12.6 Å². The third-order valence-corrected chi connectivity index (χ3v) is 7.06. The number of likely N-dealkylation sites (tertiary alicyclic amines) is 1. The van der Waals surface area contributed by atoms with Crippen molar-refractivity contribution in [2.45, 2.75) is 102 Å². The van der Waals surface area contributed by atoms with Crippen molar-refractivity contribution in [3.8, 4) is 0 Å². The van der Waals surface area contributed by atoms with Crippen LogP contribution in [0.1, 0.15) is 84.0 Å². The fourth-order valence-corrected chi connectivity index (χ4v) is 4.70. The number of unbranched alkanes of at least 4 members (excludes halogenated alkanes) is 2. The van der Waals surface area contributed by atoms with Crippen molar-refractivity contribution >= 4 is 41.5 Å². The number of hydrogen-bond donors (Lipinski definition) is 7. The van der Waals surface area contributed by atoms with Crippen LogP contribution in [-0.4, -0.2) is 108 Å². The number of carbonyl (C=O) groups excluding carboxylic acids is 5. The Labute approximate surface area is 252 Å². The molecule has 1 saturated heterocycles. The average molecular weight is 613 g/mol. The second-order valence-electron chi connectivity index (χ2n) is 10.5. The number of carboxylic acids is 2. The number of likely N-dealkylation sites (N-methyl/N-ethyl adjacent to an activating group) is 1. The molecule has 0 aliphatic carbocycles. The van der Waals surface area contributed by atoms with E-state index in [1.165, 1.54) is 11.9 Å². The van der Waals surface area contributed by atoms with Gasteiger partial charge in [-0.2, -0.15) is 0 Å². The molecule has 0 aromatic rings. The number of hydrogen-bond acceptors (Lipinski definition) is 8. The van der Waals surface area contributed by atoms with Gasteiger partial charge in [-0.3, -0.25) is 33.6 Å². The van der Waals surface area contributed by atoms with E-state index in [1.807, 2.05) is 6.92 Å². The Balaban J connectivity index is 2.64. The number of carbonyl (C=O) groups is 7. The van der Waals surface area contributed by atoms with Crippen molar-refractivity contribution in [1.29, 1.82) is 0 Å². The van der Waals surface area contributed by atoms with Gasteiger partial charge >= 0.3 is 11.9 Å². The Kier molecular flexibility index (Phi) is 18.2. The zero-order chi connectivity index (χ0) is 32.2. The zero-order valence-corrected chi connectivity index (χ0v) is 25.2. The maximum Gasteiger partial charge on any atom is 0.303 e. The van der Waals surface area contributed by atoms with Gasteiger partial charge in [-0.05, 0) is 57.9 Å². The summed E-state index contributed by atoms with van der Waals surface area (Å²) in [5, 5.41) is 31.3. The first-order valence-electron chi connectivity index (χ1n) is 15.0. The van der Waals surface area contributed by atoms with Crippen molar-refractivity contribution in [2.24, 2.45) is 0 Å². The van der Waals surface area contributed by atoms with Gasteiger partial charge in [0.15, 0.2) is 0 Å². The standard InChI is InChI=1S/C28H48N6O9/c1-3-4-15-30-19(9-5-6-16-31-22(35)11-7-12-24(37)38)26(41)32-18-23(36)33-20(13-14-25(39)40)28(43)34-17-8-10-21(34)27(42)29-2/h19-21,30H,3-18H2,1-2H3,(H,29,42)(H,31,35)(H,32,41)(H,33,36)(H,37,38)(H,39,40)/t19?,20-,21-/m0/s1. The fraction of sp³-hybridized carbons (Fsp3) is 0.750. The fourth-order valence-electron chi connectivity index (χ4n) is 4.70. The molecule has 0 bridgehead atoms. The predicted octanol–water partition coefficient (Wildman–Crippen LogP) is -0.511. The average Bonchev–Trinajstić information content (AvgIpc) is 3.46. The molecule has 7 N–H and O–H groups in total. The first-order valence-corrected chi connectivity index (χ1v) is 15.0. The molecule has 244 valence electrons. The summed E-state index contributed by atoms with van der Waals surface area (Å²) in [4.78, 5) is 85.9. The van der Waals surface area contributed by atoms with Crippen molar-refractivity contribution in [3.05, 3.63) is 0 Å².